The van der Waals surface area contributed by atoms with Gasteiger partial charge in [-0.05, 0) is 68.7 Å². The van der Waals surface area contributed by atoms with Gasteiger partial charge in [0.25, 0.3) is 0 Å². The monoisotopic (exact) mass is 565 g/mol. The zero-order valence-electron chi connectivity index (χ0n) is 24.7. The maximum Gasteiger partial charge on any atom is 0.508 e. The van der Waals surface area contributed by atoms with Crippen molar-refractivity contribution in [2.75, 3.05) is 33.5 Å². The summed E-state index contributed by atoms with van der Waals surface area (Å²) in [7, 11) is 1.28. The average Bonchev–Trinajstić information content (AvgIpc) is 2.95. The third kappa shape index (κ3) is 8.57. The molecule has 2 bridgehead atoms. The third-order valence-corrected chi connectivity index (χ3v) is 7.79. The maximum absolute atomic E-state index is 13.7. The zero-order valence-corrected chi connectivity index (χ0v) is 24.7. The number of ether oxygens (including phenoxy) is 5. The molecule has 2 atom stereocenters. The highest BCUT2D eigenvalue weighted by Crippen LogP contribution is 2.48. The molecule has 1 aliphatic carbocycles. The Balaban J connectivity index is 1.58. The van der Waals surface area contributed by atoms with Crippen LogP contribution in [0.5, 0.6) is 0 Å². The van der Waals surface area contributed by atoms with Crippen molar-refractivity contribution in [2.45, 2.75) is 64.9 Å². The smallest absolute Gasteiger partial charge is 0.444 e. The van der Waals surface area contributed by atoms with Gasteiger partial charge in [-0.25, -0.2) is 9.59 Å². The van der Waals surface area contributed by atoms with Crippen molar-refractivity contribution in [3.63, 3.8) is 0 Å². The van der Waals surface area contributed by atoms with Crippen LogP contribution in [0.15, 0.2) is 72.3 Å². The van der Waals surface area contributed by atoms with Gasteiger partial charge in [-0.1, -0.05) is 60.7 Å². The van der Waals surface area contributed by atoms with Crippen LogP contribution in [-0.2, 0) is 36.9 Å². The molecule has 0 spiro atoms. The summed E-state index contributed by atoms with van der Waals surface area (Å²) in [5, 5.41) is 0. The highest BCUT2D eigenvalue weighted by molar-refractivity contribution is 5.69. The molecule has 0 aromatic heterocycles. The molecule has 41 heavy (non-hydrogen) atoms. The van der Waals surface area contributed by atoms with Gasteiger partial charge in [0, 0.05) is 12.0 Å². The van der Waals surface area contributed by atoms with E-state index in [2.05, 4.69) is 29.0 Å². The minimum atomic E-state index is -0.728. The van der Waals surface area contributed by atoms with Crippen molar-refractivity contribution in [1.29, 1.82) is 0 Å². The summed E-state index contributed by atoms with van der Waals surface area (Å²) in [5.41, 5.74) is 2.22. The molecule has 222 valence electrons. The number of likely N-dealkylation sites (tertiary alicyclic amines) is 1. The number of piperidine rings is 1. The quantitative estimate of drug-likeness (QED) is 0.239. The zero-order chi connectivity index (χ0) is 29.3. The van der Waals surface area contributed by atoms with Gasteiger partial charge in [-0.2, -0.15) is 0 Å². The van der Waals surface area contributed by atoms with Gasteiger partial charge in [0.15, 0.2) is 0 Å². The summed E-state index contributed by atoms with van der Waals surface area (Å²) in [6.45, 7) is 8.04. The molecule has 1 aliphatic heterocycles. The Labute approximate surface area is 243 Å². The molecule has 4 rings (SSSR count). The summed E-state index contributed by atoms with van der Waals surface area (Å²) in [6.07, 6.45) is 3.27. The van der Waals surface area contributed by atoms with Crippen molar-refractivity contribution in [3.8, 4) is 0 Å². The summed E-state index contributed by atoms with van der Waals surface area (Å²) < 4.78 is 28.4. The van der Waals surface area contributed by atoms with E-state index in [0.717, 1.165) is 36.0 Å². The summed E-state index contributed by atoms with van der Waals surface area (Å²) in [6, 6.07) is 20.1. The Morgan fingerprint density at radius 1 is 0.951 bits per heavy atom. The predicted octanol–water partition coefficient (Wildman–Crippen LogP) is 6.54. The number of hydrogen-bond donors (Lipinski definition) is 0. The van der Waals surface area contributed by atoms with Crippen molar-refractivity contribution in [1.82, 2.24) is 4.90 Å². The first-order valence-electron chi connectivity index (χ1n) is 14.3. The molecule has 1 heterocycles. The Bertz CT molecular complexity index is 1110. The van der Waals surface area contributed by atoms with Crippen molar-refractivity contribution >= 4 is 12.2 Å². The van der Waals surface area contributed by atoms with Crippen LogP contribution >= 0.6 is 0 Å². The number of rotatable bonds is 10. The van der Waals surface area contributed by atoms with Crippen LogP contribution in [0.4, 0.5) is 9.59 Å². The fourth-order valence-corrected chi connectivity index (χ4v) is 5.80. The van der Waals surface area contributed by atoms with Crippen LogP contribution in [0.1, 0.15) is 51.2 Å². The maximum atomic E-state index is 13.7. The van der Waals surface area contributed by atoms with Gasteiger partial charge in [0.05, 0.1) is 39.6 Å². The van der Waals surface area contributed by atoms with E-state index in [0.29, 0.717) is 33.0 Å². The molecule has 1 saturated heterocycles. The lowest BCUT2D eigenvalue weighted by molar-refractivity contribution is -0.117. The van der Waals surface area contributed by atoms with Crippen LogP contribution in [-0.4, -0.2) is 62.3 Å². The number of methoxy groups -OCH3 is 1. The molecule has 0 radical (unpaired) electrons. The van der Waals surface area contributed by atoms with E-state index < -0.39 is 17.2 Å². The first-order chi connectivity index (χ1) is 19.7. The Morgan fingerprint density at radius 3 is 2.07 bits per heavy atom. The van der Waals surface area contributed by atoms with Crippen molar-refractivity contribution < 1.29 is 33.3 Å². The van der Waals surface area contributed by atoms with Crippen LogP contribution in [0.3, 0.4) is 0 Å². The normalized spacial score (nSPS) is 20.9. The standard InChI is InChI=1S/C33H43NO7/c1-32(2,3)41-30(35)34-22-33(23-38-20-25-11-7-5-8-12-25,24-39-21-26-13-9-6-10-14-26)28-16-15-27(29(34)19-28)17-18-40-31(36)37-4/h5-14,17,28-29H,15-16,18-24H2,1-4H3/b27-17-. The lowest BCUT2D eigenvalue weighted by Gasteiger charge is -2.54. The van der Waals surface area contributed by atoms with E-state index in [1.165, 1.54) is 7.11 Å². The predicted molar refractivity (Wildman–Crippen MR) is 155 cm³/mol. The first-order valence-corrected chi connectivity index (χ1v) is 14.3. The van der Waals surface area contributed by atoms with Crippen LogP contribution < -0.4 is 0 Å². The number of benzene rings is 2. The molecular weight excluding hydrogens is 522 g/mol. The van der Waals surface area contributed by atoms with E-state index in [1.54, 1.807) is 0 Å². The Morgan fingerprint density at radius 2 is 1.54 bits per heavy atom. The Kier molecular flexibility index (Phi) is 10.5. The van der Waals surface area contributed by atoms with E-state index in [1.807, 2.05) is 68.1 Å². The lowest BCUT2D eigenvalue weighted by Crippen LogP contribution is -2.61. The average molecular weight is 566 g/mol. The van der Waals surface area contributed by atoms with E-state index >= 15 is 0 Å². The first kappa shape index (κ1) is 30.6. The number of hydrogen-bond acceptors (Lipinski definition) is 7. The summed E-state index contributed by atoms with van der Waals surface area (Å²) in [4.78, 5) is 27.0. The second kappa shape index (κ2) is 14.0. The van der Waals surface area contributed by atoms with Gasteiger partial charge >= 0.3 is 12.2 Å². The number of fused-ring (bicyclic) bond motifs is 2. The fourth-order valence-electron chi connectivity index (χ4n) is 5.80. The number of carbonyl (C=O) groups excluding carboxylic acids is 2. The van der Waals surface area contributed by atoms with Crippen LogP contribution in [0.2, 0.25) is 0 Å². The van der Waals surface area contributed by atoms with Gasteiger partial charge < -0.3 is 28.6 Å². The number of amides is 1. The molecule has 1 saturated carbocycles. The number of carbonyl (C=O) groups is 2. The SMILES string of the molecule is COC(=O)OC/C=C1/CCC2CC1N(C(=O)OC(C)(C)C)CC2(COCc1ccccc1)COCc1ccccc1. The Hall–Kier alpha value is -3.36. The van der Waals surface area contributed by atoms with Crippen LogP contribution in [0.25, 0.3) is 0 Å². The molecule has 2 fully saturated rings. The van der Waals surface area contributed by atoms with E-state index in [4.69, 9.17) is 18.9 Å². The second-order valence-electron chi connectivity index (χ2n) is 12.0. The molecule has 0 N–H and O–H groups in total. The molecule has 2 aromatic rings. The topological polar surface area (TPSA) is 83.5 Å². The molecule has 1 amide bonds. The highest BCUT2D eigenvalue weighted by atomic mass is 16.7. The van der Waals surface area contributed by atoms with Crippen LogP contribution in [0, 0.1) is 11.3 Å². The molecule has 2 unspecified atom stereocenters. The molecule has 2 aliphatic rings. The minimum Gasteiger partial charge on any atom is -0.444 e. The number of nitrogens with zero attached hydrogens (tertiary/aromatic N) is 1. The molecule has 2 aromatic carbocycles. The largest absolute Gasteiger partial charge is 0.508 e. The van der Waals surface area contributed by atoms with Crippen molar-refractivity contribution in [3.05, 3.63) is 83.4 Å². The lowest BCUT2D eigenvalue weighted by atomic mass is 9.63. The summed E-state index contributed by atoms with van der Waals surface area (Å²) >= 11 is 0. The highest BCUT2D eigenvalue weighted by Gasteiger charge is 2.52. The van der Waals surface area contributed by atoms with Gasteiger partial charge in [0.1, 0.15) is 12.2 Å². The third-order valence-electron chi connectivity index (χ3n) is 7.79. The van der Waals surface area contributed by atoms with E-state index in [9.17, 15) is 9.59 Å². The minimum absolute atomic E-state index is 0.0941. The van der Waals surface area contributed by atoms with Gasteiger partial charge in [-0.15, -0.1) is 0 Å². The van der Waals surface area contributed by atoms with Gasteiger partial charge in [-0.3, -0.25) is 0 Å². The van der Waals surface area contributed by atoms with Crippen molar-refractivity contribution in [2.24, 2.45) is 11.3 Å². The molecule has 8 heteroatoms. The fraction of sp³-hybridized carbons (Fsp3) is 0.515. The van der Waals surface area contributed by atoms with Gasteiger partial charge in [0.2, 0.25) is 0 Å². The molecular formula is C33H43NO7. The second-order valence-corrected chi connectivity index (χ2v) is 12.0. The molecule has 8 nitrogen and oxygen atoms in total. The summed E-state index contributed by atoms with van der Waals surface area (Å²) in [5.74, 6) is 0.274. The van der Waals surface area contributed by atoms with E-state index in [-0.39, 0.29) is 24.7 Å².